The summed E-state index contributed by atoms with van der Waals surface area (Å²) >= 11 is 0. The molecule has 6 nitrogen and oxygen atoms in total. The van der Waals surface area contributed by atoms with Crippen LogP contribution in [-0.4, -0.2) is 48.6 Å². The van der Waals surface area contributed by atoms with Crippen LogP contribution in [0.2, 0.25) is 0 Å². The van der Waals surface area contributed by atoms with E-state index < -0.39 is 0 Å². The zero-order chi connectivity index (χ0) is 15.2. The van der Waals surface area contributed by atoms with Crippen molar-refractivity contribution in [1.82, 2.24) is 9.88 Å². The van der Waals surface area contributed by atoms with E-state index in [-0.39, 0.29) is 17.8 Å². The summed E-state index contributed by atoms with van der Waals surface area (Å²) in [5, 5.41) is 0. The first-order valence-corrected chi connectivity index (χ1v) is 7.12. The Labute approximate surface area is 124 Å². The lowest BCUT2D eigenvalue weighted by Gasteiger charge is -2.31. The maximum Gasteiger partial charge on any atom is 0.310 e. The Kier molecular flexibility index (Phi) is 5.14. The Morgan fingerprint density at radius 1 is 1.48 bits per heavy atom. The van der Waals surface area contributed by atoms with E-state index in [0.29, 0.717) is 31.1 Å². The number of piperidine rings is 1. The number of nitrogens with zero attached hydrogens (tertiary/aromatic N) is 2. The molecule has 1 amide bonds. The van der Waals surface area contributed by atoms with E-state index in [1.807, 2.05) is 0 Å². The lowest BCUT2D eigenvalue weighted by atomic mass is 9.97. The number of pyridine rings is 1. The largest absolute Gasteiger partial charge is 0.480 e. The molecule has 1 aromatic heterocycles. The highest BCUT2D eigenvalue weighted by Gasteiger charge is 2.30. The van der Waals surface area contributed by atoms with Crippen LogP contribution in [-0.2, 0) is 9.53 Å². The standard InChI is InChI=1S/C15H20N2O4/c1-3-21-15(19)11-6-5-9-17(10-11)14(18)12-7-4-8-16-13(12)20-2/h4,7-8,11H,3,5-6,9-10H2,1-2H3/t11-/m1/s1. The first kappa shape index (κ1) is 15.3. The fraction of sp³-hybridized carbons (Fsp3) is 0.533. The van der Waals surface area contributed by atoms with E-state index in [0.717, 1.165) is 12.8 Å². The summed E-state index contributed by atoms with van der Waals surface area (Å²) in [5.41, 5.74) is 0.421. The van der Waals surface area contributed by atoms with Gasteiger partial charge in [0.15, 0.2) is 0 Å². The van der Waals surface area contributed by atoms with Crippen molar-refractivity contribution in [1.29, 1.82) is 0 Å². The van der Waals surface area contributed by atoms with Crippen LogP contribution in [0.1, 0.15) is 30.1 Å². The molecule has 0 unspecified atom stereocenters. The monoisotopic (exact) mass is 292 g/mol. The number of aromatic nitrogens is 1. The van der Waals surface area contributed by atoms with Gasteiger partial charge in [-0.3, -0.25) is 9.59 Å². The van der Waals surface area contributed by atoms with Crippen molar-refractivity contribution < 1.29 is 19.1 Å². The van der Waals surface area contributed by atoms with Gasteiger partial charge in [-0.2, -0.15) is 0 Å². The van der Waals surface area contributed by atoms with E-state index >= 15 is 0 Å². The molecule has 0 N–H and O–H groups in total. The van der Waals surface area contributed by atoms with Crippen molar-refractivity contribution >= 4 is 11.9 Å². The van der Waals surface area contributed by atoms with Crippen LogP contribution >= 0.6 is 0 Å². The first-order valence-electron chi connectivity index (χ1n) is 7.12. The Morgan fingerprint density at radius 2 is 2.29 bits per heavy atom. The average Bonchev–Trinajstić information content (AvgIpc) is 2.54. The summed E-state index contributed by atoms with van der Waals surface area (Å²) in [6.07, 6.45) is 3.12. The molecule has 6 heteroatoms. The van der Waals surface area contributed by atoms with Crippen LogP contribution < -0.4 is 4.74 Å². The number of methoxy groups -OCH3 is 1. The predicted molar refractivity (Wildman–Crippen MR) is 76.0 cm³/mol. The van der Waals surface area contributed by atoms with E-state index in [9.17, 15) is 9.59 Å². The number of ether oxygens (including phenoxy) is 2. The van der Waals surface area contributed by atoms with E-state index in [4.69, 9.17) is 9.47 Å². The van der Waals surface area contributed by atoms with Gasteiger partial charge in [-0.25, -0.2) is 4.98 Å². The fourth-order valence-electron chi connectivity index (χ4n) is 2.50. The summed E-state index contributed by atoms with van der Waals surface area (Å²) in [4.78, 5) is 30.1. The van der Waals surface area contributed by atoms with Gasteiger partial charge in [0.25, 0.3) is 5.91 Å². The van der Waals surface area contributed by atoms with Crippen molar-refractivity contribution in [3.05, 3.63) is 23.9 Å². The van der Waals surface area contributed by atoms with Gasteiger partial charge in [-0.15, -0.1) is 0 Å². The van der Waals surface area contributed by atoms with Crippen molar-refractivity contribution in [2.45, 2.75) is 19.8 Å². The van der Waals surface area contributed by atoms with Crippen molar-refractivity contribution in [3.8, 4) is 5.88 Å². The summed E-state index contributed by atoms with van der Waals surface area (Å²) in [6.45, 7) is 3.16. The molecule has 1 saturated heterocycles. The quantitative estimate of drug-likeness (QED) is 0.787. The van der Waals surface area contributed by atoms with Gasteiger partial charge in [0.1, 0.15) is 5.56 Å². The number of carbonyl (C=O) groups is 2. The van der Waals surface area contributed by atoms with Gasteiger partial charge in [0, 0.05) is 19.3 Å². The molecule has 0 radical (unpaired) electrons. The van der Waals surface area contributed by atoms with Crippen LogP contribution in [0.15, 0.2) is 18.3 Å². The number of amides is 1. The number of hydrogen-bond donors (Lipinski definition) is 0. The zero-order valence-corrected chi connectivity index (χ0v) is 12.4. The van der Waals surface area contributed by atoms with Gasteiger partial charge in [-0.05, 0) is 31.9 Å². The highest BCUT2D eigenvalue weighted by atomic mass is 16.5. The molecule has 0 saturated carbocycles. The number of hydrogen-bond acceptors (Lipinski definition) is 5. The minimum absolute atomic E-state index is 0.158. The van der Waals surface area contributed by atoms with Crippen molar-refractivity contribution in [2.24, 2.45) is 5.92 Å². The Bertz CT molecular complexity index is 518. The topological polar surface area (TPSA) is 68.7 Å². The second-order valence-corrected chi connectivity index (χ2v) is 4.90. The lowest BCUT2D eigenvalue weighted by molar-refractivity contribution is -0.149. The second-order valence-electron chi connectivity index (χ2n) is 4.90. The van der Waals surface area contributed by atoms with Gasteiger partial charge in [0.2, 0.25) is 5.88 Å². The third kappa shape index (κ3) is 3.51. The number of esters is 1. The SMILES string of the molecule is CCOC(=O)[C@@H]1CCCN(C(=O)c2cccnc2OC)C1. The normalized spacial score (nSPS) is 18.2. The van der Waals surface area contributed by atoms with Crippen LogP contribution in [0, 0.1) is 5.92 Å². The summed E-state index contributed by atoms with van der Waals surface area (Å²) < 4.78 is 10.2. The van der Waals surface area contributed by atoms with Crippen LogP contribution in [0.4, 0.5) is 0 Å². The third-order valence-electron chi connectivity index (χ3n) is 3.52. The Morgan fingerprint density at radius 3 is 3.00 bits per heavy atom. The number of rotatable bonds is 4. The molecule has 0 spiro atoms. The molecular weight excluding hydrogens is 272 g/mol. The van der Waals surface area contributed by atoms with Gasteiger partial charge < -0.3 is 14.4 Å². The maximum absolute atomic E-state index is 12.6. The van der Waals surface area contributed by atoms with Gasteiger partial charge >= 0.3 is 5.97 Å². The Balaban J connectivity index is 2.10. The van der Waals surface area contributed by atoms with E-state index in [1.54, 1.807) is 30.2 Å². The summed E-state index contributed by atoms with van der Waals surface area (Å²) in [5.74, 6) is -0.326. The Hall–Kier alpha value is -2.11. The molecular formula is C15H20N2O4. The number of carbonyl (C=O) groups excluding carboxylic acids is 2. The van der Waals surface area contributed by atoms with Crippen molar-refractivity contribution in [2.75, 3.05) is 26.8 Å². The smallest absolute Gasteiger partial charge is 0.310 e. The highest BCUT2D eigenvalue weighted by molar-refractivity contribution is 5.96. The molecule has 0 aromatic carbocycles. The summed E-state index contributed by atoms with van der Waals surface area (Å²) in [6, 6.07) is 3.38. The molecule has 1 aliphatic rings. The molecule has 1 atom stereocenters. The second kappa shape index (κ2) is 7.06. The van der Waals surface area contributed by atoms with Crippen LogP contribution in [0.5, 0.6) is 5.88 Å². The zero-order valence-electron chi connectivity index (χ0n) is 12.4. The number of likely N-dealkylation sites (tertiary alicyclic amines) is 1. The molecule has 0 bridgehead atoms. The molecule has 1 aromatic rings. The molecule has 21 heavy (non-hydrogen) atoms. The third-order valence-corrected chi connectivity index (χ3v) is 3.52. The maximum atomic E-state index is 12.6. The van der Waals surface area contributed by atoms with E-state index in [2.05, 4.69) is 4.98 Å². The van der Waals surface area contributed by atoms with Crippen molar-refractivity contribution in [3.63, 3.8) is 0 Å². The molecule has 1 fully saturated rings. The van der Waals surface area contributed by atoms with E-state index in [1.165, 1.54) is 7.11 Å². The first-order chi connectivity index (χ1) is 10.2. The molecule has 2 rings (SSSR count). The molecule has 1 aliphatic heterocycles. The minimum Gasteiger partial charge on any atom is -0.480 e. The van der Waals surface area contributed by atoms with Gasteiger partial charge in [0.05, 0.1) is 19.6 Å². The predicted octanol–water partition coefficient (Wildman–Crippen LogP) is 1.51. The molecule has 114 valence electrons. The molecule has 2 heterocycles. The fourth-order valence-corrected chi connectivity index (χ4v) is 2.50. The average molecular weight is 292 g/mol. The lowest BCUT2D eigenvalue weighted by Crippen LogP contribution is -2.43. The highest BCUT2D eigenvalue weighted by Crippen LogP contribution is 2.22. The van der Waals surface area contributed by atoms with Crippen LogP contribution in [0.25, 0.3) is 0 Å². The summed E-state index contributed by atoms with van der Waals surface area (Å²) in [7, 11) is 1.48. The van der Waals surface area contributed by atoms with Gasteiger partial charge in [-0.1, -0.05) is 0 Å². The van der Waals surface area contributed by atoms with Crippen LogP contribution in [0.3, 0.4) is 0 Å². The molecule has 0 aliphatic carbocycles. The minimum atomic E-state index is -0.245.